The number of halogens is 2. The Bertz CT molecular complexity index is 460. The fraction of sp³-hybridized carbons (Fsp3) is 0.167. The van der Waals surface area contributed by atoms with E-state index in [2.05, 4.69) is 33.1 Å². The molecule has 1 aromatic carbocycles. The van der Waals surface area contributed by atoms with Gasteiger partial charge in [-0.2, -0.15) is 0 Å². The van der Waals surface area contributed by atoms with Gasteiger partial charge in [0.2, 0.25) is 0 Å². The normalized spacial score (nSPS) is 9.67. The first-order chi connectivity index (χ1) is 8.50. The minimum Gasteiger partial charge on any atom is -0.350 e. The lowest BCUT2D eigenvalue weighted by Crippen LogP contribution is -2.34. The van der Waals surface area contributed by atoms with E-state index < -0.39 is 11.7 Å². The van der Waals surface area contributed by atoms with Crippen molar-refractivity contribution < 1.29 is 14.0 Å². The molecule has 1 aromatic rings. The summed E-state index contributed by atoms with van der Waals surface area (Å²) in [4.78, 5) is 22.4. The van der Waals surface area contributed by atoms with Crippen LogP contribution in [0.2, 0.25) is 0 Å². The molecule has 1 rings (SSSR count). The van der Waals surface area contributed by atoms with Gasteiger partial charge in [-0.15, -0.1) is 0 Å². The molecule has 0 atom stereocenters. The second-order valence-corrected chi connectivity index (χ2v) is 4.34. The van der Waals surface area contributed by atoms with Crippen LogP contribution in [0.5, 0.6) is 0 Å². The van der Waals surface area contributed by atoms with Crippen LogP contribution in [-0.2, 0) is 4.79 Å². The molecule has 0 bridgehead atoms. The lowest BCUT2D eigenvalue weighted by atomic mass is 10.2. The van der Waals surface area contributed by atoms with Gasteiger partial charge in [-0.3, -0.25) is 9.59 Å². The predicted molar refractivity (Wildman–Crippen MR) is 69.7 cm³/mol. The Hall–Kier alpha value is -1.69. The monoisotopic (exact) mass is 314 g/mol. The molecule has 0 saturated carbocycles. The van der Waals surface area contributed by atoms with E-state index in [4.69, 9.17) is 0 Å². The maximum absolute atomic E-state index is 12.3. The Kier molecular flexibility index (Phi) is 5.51. The molecule has 96 valence electrons. The van der Waals surface area contributed by atoms with Gasteiger partial charge in [0.15, 0.2) is 5.83 Å². The van der Waals surface area contributed by atoms with Crippen molar-refractivity contribution in [1.29, 1.82) is 0 Å². The van der Waals surface area contributed by atoms with Gasteiger partial charge in [-0.25, -0.2) is 4.39 Å². The molecule has 4 nitrogen and oxygen atoms in total. The van der Waals surface area contributed by atoms with Crippen molar-refractivity contribution in [1.82, 2.24) is 10.6 Å². The fourth-order valence-corrected chi connectivity index (χ4v) is 1.42. The second-order valence-electron chi connectivity index (χ2n) is 3.42. The molecule has 0 aromatic heterocycles. The first kappa shape index (κ1) is 14.4. The number of hydrogen-bond donors (Lipinski definition) is 2. The van der Waals surface area contributed by atoms with Crippen molar-refractivity contribution in [2.24, 2.45) is 0 Å². The molecule has 6 heteroatoms. The summed E-state index contributed by atoms with van der Waals surface area (Å²) in [5, 5.41) is 4.85. The van der Waals surface area contributed by atoms with Crippen LogP contribution >= 0.6 is 15.9 Å². The van der Waals surface area contributed by atoms with Gasteiger partial charge in [0.25, 0.3) is 11.8 Å². The lowest BCUT2D eigenvalue weighted by Gasteiger charge is -2.06. The number of rotatable bonds is 5. The highest BCUT2D eigenvalue weighted by Crippen LogP contribution is 2.10. The van der Waals surface area contributed by atoms with Crippen molar-refractivity contribution >= 4 is 27.7 Å². The van der Waals surface area contributed by atoms with E-state index in [1.165, 1.54) is 0 Å². The molecule has 0 fully saturated rings. The molecule has 2 amide bonds. The van der Waals surface area contributed by atoms with Crippen LogP contribution < -0.4 is 10.6 Å². The van der Waals surface area contributed by atoms with Gasteiger partial charge in [0.1, 0.15) is 0 Å². The van der Waals surface area contributed by atoms with Gasteiger partial charge >= 0.3 is 0 Å². The first-order valence-corrected chi connectivity index (χ1v) is 5.96. The summed E-state index contributed by atoms with van der Waals surface area (Å²) in [6.07, 6.45) is 0. The quantitative estimate of drug-likeness (QED) is 0.643. The zero-order valence-electron chi connectivity index (χ0n) is 9.50. The molecule has 0 unspecified atom stereocenters. The fourth-order valence-electron chi connectivity index (χ4n) is 1.15. The van der Waals surface area contributed by atoms with E-state index in [0.717, 1.165) is 4.47 Å². The molecule has 0 aliphatic carbocycles. The lowest BCUT2D eigenvalue weighted by molar-refractivity contribution is -0.118. The smallest absolute Gasteiger partial charge is 0.279 e. The summed E-state index contributed by atoms with van der Waals surface area (Å²) in [6.45, 7) is 3.21. The zero-order chi connectivity index (χ0) is 13.5. The molecule has 0 radical (unpaired) electrons. The first-order valence-electron chi connectivity index (χ1n) is 5.17. The molecule has 0 aliphatic heterocycles. The van der Waals surface area contributed by atoms with E-state index in [1.807, 2.05) is 0 Å². The third-order valence-corrected chi connectivity index (χ3v) is 2.58. The number of carbonyl (C=O) groups is 2. The molecule has 2 N–H and O–H groups in total. The summed E-state index contributed by atoms with van der Waals surface area (Å²) in [7, 11) is 0. The minimum atomic E-state index is -1.05. The van der Waals surface area contributed by atoms with Gasteiger partial charge in [-0.1, -0.05) is 22.5 Å². The Morgan fingerprint density at radius 2 is 1.72 bits per heavy atom. The van der Waals surface area contributed by atoms with Crippen molar-refractivity contribution in [2.75, 3.05) is 13.1 Å². The Balaban J connectivity index is 2.32. The van der Waals surface area contributed by atoms with E-state index in [1.54, 1.807) is 24.3 Å². The van der Waals surface area contributed by atoms with Gasteiger partial charge in [0, 0.05) is 23.1 Å². The zero-order valence-corrected chi connectivity index (χ0v) is 11.1. The van der Waals surface area contributed by atoms with E-state index in [0.29, 0.717) is 5.56 Å². The largest absolute Gasteiger partial charge is 0.350 e. The van der Waals surface area contributed by atoms with Gasteiger partial charge in [-0.05, 0) is 24.3 Å². The highest BCUT2D eigenvalue weighted by atomic mass is 79.9. The third kappa shape index (κ3) is 4.67. The maximum Gasteiger partial charge on any atom is 0.279 e. The average Bonchev–Trinajstić information content (AvgIpc) is 2.34. The van der Waals surface area contributed by atoms with E-state index in [-0.39, 0.29) is 19.0 Å². The molecule has 18 heavy (non-hydrogen) atoms. The molecule has 0 heterocycles. The molecule has 0 saturated heterocycles. The van der Waals surface area contributed by atoms with Crippen molar-refractivity contribution in [3.8, 4) is 0 Å². The number of carbonyl (C=O) groups excluding carboxylic acids is 2. The summed E-state index contributed by atoms with van der Waals surface area (Å²) in [6, 6.07) is 6.84. The second kappa shape index (κ2) is 6.90. The topological polar surface area (TPSA) is 58.2 Å². The number of hydrogen-bond acceptors (Lipinski definition) is 2. The highest BCUT2D eigenvalue weighted by Gasteiger charge is 2.06. The number of amides is 2. The third-order valence-electron chi connectivity index (χ3n) is 2.05. The van der Waals surface area contributed by atoms with Crippen LogP contribution in [0, 0.1) is 0 Å². The Morgan fingerprint density at radius 1 is 1.17 bits per heavy atom. The van der Waals surface area contributed by atoms with Crippen LogP contribution in [0.1, 0.15) is 10.4 Å². The summed E-state index contributed by atoms with van der Waals surface area (Å²) < 4.78 is 13.2. The van der Waals surface area contributed by atoms with Crippen molar-refractivity contribution in [2.45, 2.75) is 0 Å². The van der Waals surface area contributed by atoms with Crippen LogP contribution in [0.3, 0.4) is 0 Å². The van der Waals surface area contributed by atoms with Crippen molar-refractivity contribution in [3.05, 3.63) is 46.7 Å². The molecule has 0 spiro atoms. The number of benzene rings is 1. The summed E-state index contributed by atoms with van der Waals surface area (Å²) in [5.41, 5.74) is 0.513. The SMILES string of the molecule is C=C(F)C(=O)NCCNC(=O)c1ccc(Br)cc1. The Labute approximate surface area is 112 Å². The summed E-state index contributed by atoms with van der Waals surface area (Å²) in [5.74, 6) is -2.17. The van der Waals surface area contributed by atoms with Gasteiger partial charge in [0.05, 0.1) is 0 Å². The van der Waals surface area contributed by atoms with E-state index >= 15 is 0 Å². The minimum absolute atomic E-state index is 0.143. The van der Waals surface area contributed by atoms with E-state index in [9.17, 15) is 14.0 Å². The predicted octanol–water partition coefficient (Wildman–Crippen LogP) is 1.78. The Morgan fingerprint density at radius 3 is 2.28 bits per heavy atom. The van der Waals surface area contributed by atoms with Crippen LogP contribution in [-0.4, -0.2) is 24.9 Å². The average molecular weight is 315 g/mol. The van der Waals surface area contributed by atoms with Crippen LogP contribution in [0.15, 0.2) is 41.1 Å². The maximum atomic E-state index is 12.3. The molecule has 0 aliphatic rings. The highest BCUT2D eigenvalue weighted by molar-refractivity contribution is 9.10. The van der Waals surface area contributed by atoms with Crippen molar-refractivity contribution in [3.63, 3.8) is 0 Å². The summed E-state index contributed by atoms with van der Waals surface area (Å²) >= 11 is 3.26. The van der Waals surface area contributed by atoms with Crippen LogP contribution in [0.25, 0.3) is 0 Å². The van der Waals surface area contributed by atoms with Crippen LogP contribution in [0.4, 0.5) is 4.39 Å². The van der Waals surface area contributed by atoms with Gasteiger partial charge < -0.3 is 10.6 Å². The molecular formula is C12H12BrFN2O2. The molecular weight excluding hydrogens is 303 g/mol. The standard InChI is InChI=1S/C12H12BrFN2O2/c1-8(14)11(17)15-6-7-16-12(18)9-2-4-10(13)5-3-9/h2-5H,1,6-7H2,(H,15,17)(H,16,18). The number of nitrogens with one attached hydrogen (secondary N) is 2.